The van der Waals surface area contributed by atoms with Gasteiger partial charge in [-0.2, -0.15) is 0 Å². The molecule has 3 N–H and O–H groups in total. The molecule has 100 valence electrons. The molecule has 18 heavy (non-hydrogen) atoms. The molecule has 0 spiro atoms. The summed E-state index contributed by atoms with van der Waals surface area (Å²) in [7, 11) is 3.06. The van der Waals surface area contributed by atoms with Gasteiger partial charge in [0.1, 0.15) is 0 Å². The van der Waals surface area contributed by atoms with E-state index in [0.717, 1.165) is 0 Å². The van der Waals surface area contributed by atoms with E-state index in [4.69, 9.17) is 9.47 Å². The third-order valence-electron chi connectivity index (χ3n) is 2.23. The van der Waals surface area contributed by atoms with Crippen molar-refractivity contribution in [1.82, 2.24) is 5.32 Å². The Kier molecular flexibility index (Phi) is 5.96. The zero-order chi connectivity index (χ0) is 13.4. The molecule has 1 amide bonds. The zero-order valence-corrected chi connectivity index (χ0v) is 10.5. The van der Waals surface area contributed by atoms with E-state index in [0.29, 0.717) is 24.6 Å². The Morgan fingerprint density at radius 3 is 2.78 bits per heavy atom. The molecule has 0 heterocycles. The lowest BCUT2D eigenvalue weighted by molar-refractivity contribution is -0.115. The fourth-order valence-electron chi connectivity index (χ4n) is 1.35. The van der Waals surface area contributed by atoms with Crippen LogP contribution in [0.15, 0.2) is 18.2 Å². The summed E-state index contributed by atoms with van der Waals surface area (Å²) < 4.78 is 9.75. The third kappa shape index (κ3) is 4.60. The number of carbonyl (C=O) groups excluding carboxylic acids is 1. The summed E-state index contributed by atoms with van der Waals surface area (Å²) >= 11 is 0. The molecule has 6 heteroatoms. The van der Waals surface area contributed by atoms with Crippen molar-refractivity contribution in [3.05, 3.63) is 18.2 Å². The van der Waals surface area contributed by atoms with Crippen LogP contribution in [0.2, 0.25) is 0 Å². The molecule has 1 rings (SSSR count). The number of carbonyl (C=O) groups is 1. The maximum atomic E-state index is 11.5. The number of phenolic OH excluding ortho intramolecular Hbond substituents is 1. The van der Waals surface area contributed by atoms with Crippen molar-refractivity contribution in [2.45, 2.75) is 0 Å². The van der Waals surface area contributed by atoms with Crippen molar-refractivity contribution in [1.29, 1.82) is 0 Å². The summed E-state index contributed by atoms with van der Waals surface area (Å²) in [6.45, 7) is 1.35. The van der Waals surface area contributed by atoms with Crippen LogP contribution in [0.1, 0.15) is 0 Å². The molecule has 0 bridgehead atoms. The highest BCUT2D eigenvalue weighted by molar-refractivity contribution is 5.92. The number of amides is 1. The number of rotatable bonds is 7. The van der Waals surface area contributed by atoms with Crippen LogP contribution in [0.25, 0.3) is 0 Å². The standard InChI is InChI=1S/C12H18N2O4/c1-17-6-5-13-8-12(16)14-9-3-4-11(18-2)10(15)7-9/h3-4,7,13,15H,5-6,8H2,1-2H3,(H,14,16). The molecule has 0 radical (unpaired) electrons. The van der Waals surface area contributed by atoms with E-state index in [1.54, 1.807) is 19.2 Å². The van der Waals surface area contributed by atoms with E-state index >= 15 is 0 Å². The van der Waals surface area contributed by atoms with Crippen LogP contribution < -0.4 is 15.4 Å². The van der Waals surface area contributed by atoms with Crippen LogP contribution in [0, 0.1) is 0 Å². The SMILES string of the molecule is COCCNCC(=O)Nc1ccc(OC)c(O)c1. The van der Waals surface area contributed by atoms with Crippen LogP contribution in [0.5, 0.6) is 11.5 Å². The van der Waals surface area contributed by atoms with Gasteiger partial charge in [0.2, 0.25) is 5.91 Å². The van der Waals surface area contributed by atoms with Gasteiger partial charge in [0.15, 0.2) is 11.5 Å². The summed E-state index contributed by atoms with van der Waals surface area (Å²) in [6, 6.07) is 4.68. The highest BCUT2D eigenvalue weighted by atomic mass is 16.5. The molecule has 0 aromatic heterocycles. The molecule has 0 aliphatic heterocycles. The number of anilines is 1. The number of hydrogen-bond acceptors (Lipinski definition) is 5. The number of ether oxygens (including phenoxy) is 2. The van der Waals surface area contributed by atoms with Gasteiger partial charge in [-0.1, -0.05) is 0 Å². The van der Waals surface area contributed by atoms with Gasteiger partial charge in [-0.15, -0.1) is 0 Å². The van der Waals surface area contributed by atoms with Gasteiger partial charge < -0.3 is 25.2 Å². The van der Waals surface area contributed by atoms with Gasteiger partial charge in [-0.05, 0) is 12.1 Å². The molecular weight excluding hydrogens is 236 g/mol. The zero-order valence-electron chi connectivity index (χ0n) is 10.5. The lowest BCUT2D eigenvalue weighted by Gasteiger charge is -2.08. The first-order valence-electron chi connectivity index (χ1n) is 5.54. The van der Waals surface area contributed by atoms with E-state index in [-0.39, 0.29) is 18.2 Å². The molecule has 0 saturated heterocycles. The van der Waals surface area contributed by atoms with Gasteiger partial charge in [0, 0.05) is 25.4 Å². The molecule has 1 aromatic rings. The minimum absolute atomic E-state index is 0.0114. The summed E-state index contributed by atoms with van der Waals surface area (Å²) in [6.07, 6.45) is 0. The van der Waals surface area contributed by atoms with E-state index in [1.165, 1.54) is 13.2 Å². The predicted octanol–water partition coefficient (Wildman–Crippen LogP) is 0.575. The maximum absolute atomic E-state index is 11.5. The fourth-order valence-corrected chi connectivity index (χ4v) is 1.35. The first-order chi connectivity index (χ1) is 8.67. The third-order valence-corrected chi connectivity index (χ3v) is 2.23. The van der Waals surface area contributed by atoms with Crippen molar-refractivity contribution in [2.24, 2.45) is 0 Å². The first-order valence-corrected chi connectivity index (χ1v) is 5.54. The van der Waals surface area contributed by atoms with Crippen LogP contribution >= 0.6 is 0 Å². The first kappa shape index (κ1) is 14.3. The van der Waals surface area contributed by atoms with Crippen molar-refractivity contribution < 1.29 is 19.4 Å². The summed E-state index contributed by atoms with van der Waals surface area (Å²) in [4.78, 5) is 11.5. The molecular formula is C12H18N2O4. The number of aromatic hydroxyl groups is 1. The molecule has 0 atom stereocenters. The maximum Gasteiger partial charge on any atom is 0.238 e. The highest BCUT2D eigenvalue weighted by Crippen LogP contribution is 2.28. The molecule has 0 unspecified atom stereocenters. The smallest absolute Gasteiger partial charge is 0.238 e. The Hall–Kier alpha value is -1.79. The lowest BCUT2D eigenvalue weighted by atomic mass is 10.2. The van der Waals surface area contributed by atoms with Gasteiger partial charge in [-0.25, -0.2) is 0 Å². The monoisotopic (exact) mass is 254 g/mol. The Labute approximate surface area is 106 Å². The number of benzene rings is 1. The molecule has 0 aliphatic rings. The average Bonchev–Trinajstić information content (AvgIpc) is 2.35. The van der Waals surface area contributed by atoms with Crippen molar-refractivity contribution in [3.63, 3.8) is 0 Å². The van der Waals surface area contributed by atoms with Crippen LogP contribution in [-0.2, 0) is 9.53 Å². The quantitative estimate of drug-likeness (QED) is 0.620. The Morgan fingerprint density at radius 1 is 1.39 bits per heavy atom. The fraction of sp³-hybridized carbons (Fsp3) is 0.417. The second-order valence-corrected chi connectivity index (χ2v) is 3.60. The number of hydrogen-bond donors (Lipinski definition) is 3. The minimum Gasteiger partial charge on any atom is -0.504 e. The highest BCUT2D eigenvalue weighted by Gasteiger charge is 2.05. The lowest BCUT2D eigenvalue weighted by Crippen LogP contribution is -2.30. The average molecular weight is 254 g/mol. The van der Waals surface area contributed by atoms with E-state index in [1.807, 2.05) is 0 Å². The number of nitrogens with one attached hydrogen (secondary N) is 2. The van der Waals surface area contributed by atoms with Crippen LogP contribution in [-0.4, -0.2) is 44.9 Å². The van der Waals surface area contributed by atoms with Crippen LogP contribution in [0.4, 0.5) is 5.69 Å². The number of phenols is 1. The molecule has 6 nitrogen and oxygen atoms in total. The Balaban J connectivity index is 2.42. The second-order valence-electron chi connectivity index (χ2n) is 3.60. The molecule has 1 aromatic carbocycles. The largest absolute Gasteiger partial charge is 0.504 e. The molecule has 0 aliphatic carbocycles. The number of methoxy groups -OCH3 is 2. The van der Waals surface area contributed by atoms with Crippen LogP contribution in [0.3, 0.4) is 0 Å². The van der Waals surface area contributed by atoms with Gasteiger partial charge in [0.05, 0.1) is 20.3 Å². The Bertz CT molecular complexity index is 396. The Morgan fingerprint density at radius 2 is 2.17 bits per heavy atom. The van der Waals surface area contributed by atoms with Gasteiger partial charge in [-0.3, -0.25) is 4.79 Å². The van der Waals surface area contributed by atoms with Crippen molar-refractivity contribution >= 4 is 11.6 Å². The molecule has 0 fully saturated rings. The second kappa shape index (κ2) is 7.52. The topological polar surface area (TPSA) is 79.8 Å². The van der Waals surface area contributed by atoms with E-state index in [2.05, 4.69) is 10.6 Å². The van der Waals surface area contributed by atoms with Crippen molar-refractivity contribution in [2.75, 3.05) is 39.2 Å². The normalized spacial score (nSPS) is 10.1. The van der Waals surface area contributed by atoms with Gasteiger partial charge in [0.25, 0.3) is 0 Å². The minimum atomic E-state index is -0.185. The van der Waals surface area contributed by atoms with Crippen molar-refractivity contribution in [3.8, 4) is 11.5 Å². The predicted molar refractivity (Wildman–Crippen MR) is 68.0 cm³/mol. The summed E-state index contributed by atoms with van der Waals surface area (Å²) in [5.41, 5.74) is 0.520. The summed E-state index contributed by atoms with van der Waals surface area (Å²) in [5, 5.41) is 15.1. The van der Waals surface area contributed by atoms with Gasteiger partial charge >= 0.3 is 0 Å². The molecule has 0 saturated carbocycles. The summed E-state index contributed by atoms with van der Waals surface area (Å²) in [5.74, 6) is 0.171. The van der Waals surface area contributed by atoms with E-state index < -0.39 is 0 Å². The van der Waals surface area contributed by atoms with E-state index in [9.17, 15) is 9.90 Å².